The third-order valence-corrected chi connectivity index (χ3v) is 6.21. The van der Waals surface area contributed by atoms with Crippen molar-refractivity contribution in [3.63, 3.8) is 0 Å². The Hall–Kier alpha value is -3.80. The number of fused-ring (bicyclic) bond motifs is 1. The van der Waals surface area contributed by atoms with Crippen molar-refractivity contribution in [2.75, 3.05) is 17.3 Å². The van der Waals surface area contributed by atoms with Crippen LogP contribution in [-0.4, -0.2) is 18.8 Å². The molecule has 162 valence electrons. The molecule has 5 rings (SSSR count). The van der Waals surface area contributed by atoms with E-state index < -0.39 is 6.04 Å². The number of carbonyl (C=O) groups excluding carboxylic acids is 2. The molecule has 2 atom stereocenters. The van der Waals surface area contributed by atoms with Gasteiger partial charge in [0.25, 0.3) is 0 Å². The summed E-state index contributed by atoms with van der Waals surface area (Å²) in [5.74, 6) is 1.22. The number of nitrogens with one attached hydrogen (secondary N) is 1. The molecule has 2 heterocycles. The number of methoxy groups -OCH3 is 1. The molecule has 6 heteroatoms. The van der Waals surface area contributed by atoms with Crippen molar-refractivity contribution >= 4 is 23.1 Å². The lowest BCUT2D eigenvalue weighted by Crippen LogP contribution is -2.37. The highest BCUT2D eigenvalue weighted by Crippen LogP contribution is 2.48. The maximum absolute atomic E-state index is 13.7. The van der Waals surface area contributed by atoms with Crippen LogP contribution in [-0.2, 0) is 9.59 Å². The molecule has 0 fully saturated rings. The Labute approximate surface area is 186 Å². The molecule has 3 aromatic rings. The fraction of sp³-hybridized carbons (Fsp3) is 0.231. The summed E-state index contributed by atoms with van der Waals surface area (Å²) >= 11 is 0. The minimum Gasteiger partial charge on any atom is -0.496 e. The number of hydrogen-bond acceptors (Lipinski definition) is 5. The standard InChI is InChI=1S/C26H24N2O4/c1-16(29)28-21-10-5-4-9-19(21)27-20-14-17(23-12-7-13-32-23)15-22(30)25(20)26(28)18-8-3-6-11-24(18)31-2/h3-13,17,26-27H,14-15H2,1-2H3. The van der Waals surface area contributed by atoms with Crippen LogP contribution in [0.15, 0.2) is 82.6 Å². The van der Waals surface area contributed by atoms with Crippen LogP contribution in [0.3, 0.4) is 0 Å². The van der Waals surface area contributed by atoms with E-state index in [0.717, 1.165) is 28.4 Å². The first-order valence-corrected chi connectivity index (χ1v) is 10.7. The Kier molecular flexibility index (Phi) is 5.05. The lowest BCUT2D eigenvalue weighted by Gasteiger charge is -2.34. The Bertz CT molecular complexity index is 1210. The van der Waals surface area contributed by atoms with Gasteiger partial charge in [-0.15, -0.1) is 0 Å². The fourth-order valence-corrected chi connectivity index (χ4v) is 4.85. The zero-order chi connectivity index (χ0) is 22.2. The molecule has 0 saturated heterocycles. The molecule has 0 saturated carbocycles. The largest absolute Gasteiger partial charge is 0.496 e. The molecule has 2 aliphatic rings. The minimum atomic E-state index is -0.597. The second-order valence-electron chi connectivity index (χ2n) is 8.11. The van der Waals surface area contributed by atoms with Crippen LogP contribution < -0.4 is 15.0 Å². The summed E-state index contributed by atoms with van der Waals surface area (Å²) in [5.41, 5.74) is 3.72. The van der Waals surface area contributed by atoms with E-state index in [1.807, 2.05) is 60.7 Å². The van der Waals surface area contributed by atoms with Crippen LogP contribution in [0, 0.1) is 0 Å². The molecule has 0 bridgehead atoms. The summed E-state index contributed by atoms with van der Waals surface area (Å²) in [6, 6.07) is 18.4. The van der Waals surface area contributed by atoms with Crippen LogP contribution in [0.4, 0.5) is 11.4 Å². The SMILES string of the molecule is COc1ccccc1C1C2=C(CC(c3ccco3)CC2=O)Nc2ccccc2N1C(C)=O. The van der Waals surface area contributed by atoms with Gasteiger partial charge in [-0.2, -0.15) is 0 Å². The fourth-order valence-electron chi connectivity index (χ4n) is 4.85. The van der Waals surface area contributed by atoms with Gasteiger partial charge in [0.05, 0.1) is 30.8 Å². The van der Waals surface area contributed by atoms with E-state index in [-0.39, 0.29) is 17.6 Å². The number of para-hydroxylation sites is 3. The zero-order valence-corrected chi connectivity index (χ0v) is 18.0. The van der Waals surface area contributed by atoms with Gasteiger partial charge in [-0.25, -0.2) is 0 Å². The first-order valence-electron chi connectivity index (χ1n) is 10.7. The summed E-state index contributed by atoms with van der Waals surface area (Å²) < 4.78 is 11.3. The van der Waals surface area contributed by atoms with Gasteiger partial charge in [0.1, 0.15) is 11.5 Å². The Morgan fingerprint density at radius 1 is 1.06 bits per heavy atom. The van der Waals surface area contributed by atoms with Crippen LogP contribution in [0.1, 0.15) is 43.0 Å². The van der Waals surface area contributed by atoms with E-state index >= 15 is 0 Å². The number of furan rings is 1. The lowest BCUT2D eigenvalue weighted by atomic mass is 9.80. The quantitative estimate of drug-likeness (QED) is 0.620. The van der Waals surface area contributed by atoms with Crippen LogP contribution in [0.5, 0.6) is 5.75 Å². The minimum absolute atomic E-state index is 0.00453. The number of Topliss-reactive ketones (excluding diaryl/α,β-unsaturated/α-hetero) is 1. The summed E-state index contributed by atoms with van der Waals surface area (Å²) in [6.07, 6.45) is 2.57. The summed E-state index contributed by atoms with van der Waals surface area (Å²) in [7, 11) is 1.60. The smallest absolute Gasteiger partial charge is 0.224 e. The Morgan fingerprint density at radius 3 is 2.59 bits per heavy atom. The lowest BCUT2D eigenvalue weighted by molar-refractivity contribution is -0.117. The first kappa shape index (κ1) is 20.1. The maximum atomic E-state index is 13.7. The number of benzene rings is 2. The van der Waals surface area contributed by atoms with Crippen LogP contribution in [0.2, 0.25) is 0 Å². The van der Waals surface area contributed by atoms with Gasteiger partial charge >= 0.3 is 0 Å². The normalized spacial score (nSPS) is 20.2. The number of carbonyl (C=O) groups is 2. The predicted molar refractivity (Wildman–Crippen MR) is 122 cm³/mol. The van der Waals surface area contributed by atoms with Crippen molar-refractivity contribution in [3.8, 4) is 5.75 Å². The van der Waals surface area contributed by atoms with E-state index in [1.54, 1.807) is 18.3 Å². The molecule has 6 nitrogen and oxygen atoms in total. The van der Waals surface area contributed by atoms with Gasteiger partial charge in [0, 0.05) is 36.1 Å². The monoisotopic (exact) mass is 428 g/mol. The summed E-state index contributed by atoms with van der Waals surface area (Å²) in [6.45, 7) is 1.53. The molecule has 1 aliphatic carbocycles. The van der Waals surface area contributed by atoms with Gasteiger partial charge in [0.15, 0.2) is 5.78 Å². The molecule has 1 aliphatic heterocycles. The Balaban J connectivity index is 1.75. The number of ketones is 1. The number of ether oxygens (including phenoxy) is 1. The van der Waals surface area contributed by atoms with Crippen LogP contribution >= 0.6 is 0 Å². The zero-order valence-electron chi connectivity index (χ0n) is 18.0. The summed E-state index contributed by atoms with van der Waals surface area (Å²) in [4.78, 5) is 28.4. The number of rotatable bonds is 3. The second-order valence-corrected chi connectivity index (χ2v) is 8.11. The van der Waals surface area contributed by atoms with Crippen LogP contribution in [0.25, 0.3) is 0 Å². The van der Waals surface area contributed by atoms with E-state index in [2.05, 4.69) is 5.32 Å². The maximum Gasteiger partial charge on any atom is 0.224 e. The average Bonchev–Trinajstić information content (AvgIpc) is 3.28. The highest BCUT2D eigenvalue weighted by molar-refractivity contribution is 6.06. The molecule has 1 aromatic heterocycles. The molecular weight excluding hydrogens is 404 g/mol. The van der Waals surface area contributed by atoms with Gasteiger partial charge < -0.3 is 14.5 Å². The van der Waals surface area contributed by atoms with Crippen molar-refractivity contribution in [2.24, 2.45) is 0 Å². The highest BCUT2D eigenvalue weighted by atomic mass is 16.5. The van der Waals surface area contributed by atoms with Crippen molar-refractivity contribution in [1.82, 2.24) is 0 Å². The highest BCUT2D eigenvalue weighted by Gasteiger charge is 2.42. The molecule has 2 aromatic carbocycles. The van der Waals surface area contributed by atoms with E-state index in [9.17, 15) is 9.59 Å². The molecule has 0 spiro atoms. The number of allylic oxidation sites excluding steroid dienone is 1. The van der Waals surface area contributed by atoms with Crippen molar-refractivity contribution in [3.05, 3.63) is 89.5 Å². The molecule has 32 heavy (non-hydrogen) atoms. The third-order valence-electron chi connectivity index (χ3n) is 6.21. The van der Waals surface area contributed by atoms with Gasteiger partial charge in [-0.3, -0.25) is 14.5 Å². The van der Waals surface area contributed by atoms with Crippen molar-refractivity contribution in [2.45, 2.75) is 31.7 Å². The molecule has 2 unspecified atom stereocenters. The molecule has 0 radical (unpaired) electrons. The van der Waals surface area contributed by atoms with Gasteiger partial charge in [-0.1, -0.05) is 30.3 Å². The van der Waals surface area contributed by atoms with E-state index in [1.165, 1.54) is 6.92 Å². The van der Waals surface area contributed by atoms with E-state index in [4.69, 9.17) is 9.15 Å². The number of nitrogens with zero attached hydrogens (tertiary/aromatic N) is 1. The second kappa shape index (κ2) is 8.04. The molecule has 1 amide bonds. The predicted octanol–water partition coefficient (Wildman–Crippen LogP) is 5.21. The summed E-state index contributed by atoms with van der Waals surface area (Å²) in [5, 5.41) is 3.49. The topological polar surface area (TPSA) is 71.8 Å². The Morgan fingerprint density at radius 2 is 1.84 bits per heavy atom. The number of anilines is 2. The first-order chi connectivity index (χ1) is 15.6. The number of amides is 1. The van der Waals surface area contributed by atoms with E-state index in [0.29, 0.717) is 24.2 Å². The molecule has 1 N–H and O–H groups in total. The third kappa shape index (κ3) is 3.28. The average molecular weight is 428 g/mol. The molecular formula is C26H24N2O4. The van der Waals surface area contributed by atoms with Crippen molar-refractivity contribution in [1.29, 1.82) is 0 Å². The van der Waals surface area contributed by atoms with Gasteiger partial charge in [-0.05, 0) is 36.8 Å². The van der Waals surface area contributed by atoms with Gasteiger partial charge in [0.2, 0.25) is 5.91 Å². The number of hydrogen-bond donors (Lipinski definition) is 1. The van der Waals surface area contributed by atoms with Crippen molar-refractivity contribution < 1.29 is 18.7 Å².